The minimum absolute atomic E-state index is 0.189. The molecule has 0 radical (unpaired) electrons. The Bertz CT molecular complexity index is 888. The first kappa shape index (κ1) is 19.9. The predicted octanol–water partition coefficient (Wildman–Crippen LogP) is 2.06. The molecule has 0 bridgehead atoms. The van der Waals surface area contributed by atoms with Gasteiger partial charge in [-0.25, -0.2) is 4.90 Å². The monoisotopic (exact) mass is 367 g/mol. The van der Waals surface area contributed by atoms with Gasteiger partial charge in [0.25, 0.3) is 5.91 Å². The zero-order valence-electron chi connectivity index (χ0n) is 15.0. The molecule has 140 valence electrons. The Morgan fingerprint density at radius 3 is 2.48 bits per heavy atom. The van der Waals surface area contributed by atoms with Crippen LogP contribution in [0.25, 0.3) is 10.8 Å². The van der Waals surface area contributed by atoms with Gasteiger partial charge in [0.1, 0.15) is 6.04 Å². The summed E-state index contributed by atoms with van der Waals surface area (Å²) >= 11 is 0. The second kappa shape index (κ2) is 9.34. The average molecular weight is 367 g/mol. The van der Waals surface area contributed by atoms with E-state index in [0.29, 0.717) is 0 Å². The van der Waals surface area contributed by atoms with Crippen LogP contribution in [-0.2, 0) is 20.8 Å². The number of rotatable bonds is 8. The smallest absolute Gasteiger partial charge is 0.303 e. The van der Waals surface area contributed by atoms with E-state index in [4.69, 9.17) is 10.4 Å². The lowest BCUT2D eigenvalue weighted by Crippen LogP contribution is -2.48. The Morgan fingerprint density at radius 2 is 1.85 bits per heavy atom. The molecule has 0 fully saturated rings. The Hall–Kier alpha value is -3.40. The first-order chi connectivity index (χ1) is 12.9. The Kier molecular flexibility index (Phi) is 6.89. The summed E-state index contributed by atoms with van der Waals surface area (Å²) in [5.74, 6) is -2.14. The Balaban J connectivity index is 2.21. The van der Waals surface area contributed by atoms with Gasteiger partial charge in [0.05, 0.1) is 6.42 Å². The summed E-state index contributed by atoms with van der Waals surface area (Å²) in [5.41, 5.74) is 0.833. The van der Waals surface area contributed by atoms with Gasteiger partial charge in [-0.3, -0.25) is 14.4 Å². The van der Waals surface area contributed by atoms with Crippen LogP contribution in [0.2, 0.25) is 0 Å². The van der Waals surface area contributed by atoms with Gasteiger partial charge in [0.2, 0.25) is 5.91 Å². The lowest BCUT2D eigenvalue weighted by Gasteiger charge is -2.22. The van der Waals surface area contributed by atoms with E-state index >= 15 is 0 Å². The Morgan fingerprint density at radius 1 is 1.15 bits per heavy atom. The molecule has 27 heavy (non-hydrogen) atoms. The number of amides is 2. The number of carbonyl (C=O) groups is 3. The van der Waals surface area contributed by atoms with Crippen molar-refractivity contribution >= 4 is 28.6 Å². The van der Waals surface area contributed by atoms with Crippen molar-refractivity contribution in [1.29, 1.82) is 5.26 Å². The van der Waals surface area contributed by atoms with E-state index in [0.717, 1.165) is 21.2 Å². The van der Waals surface area contributed by atoms with Crippen molar-refractivity contribution < 1.29 is 19.5 Å². The fourth-order valence-corrected chi connectivity index (χ4v) is 2.75. The number of nitriles is 1. The molecule has 7 heteroatoms. The van der Waals surface area contributed by atoms with E-state index in [-0.39, 0.29) is 25.8 Å². The van der Waals surface area contributed by atoms with Crippen LogP contribution in [0.1, 0.15) is 25.3 Å². The zero-order chi connectivity index (χ0) is 19.8. The SMILES string of the molecule is CCN(C#N)C(=O)C(Cc1ccc2ccccc2c1)NC(=O)CCC(=O)O. The maximum absolute atomic E-state index is 12.6. The highest BCUT2D eigenvalue weighted by atomic mass is 16.4. The number of carboxylic acids is 1. The van der Waals surface area contributed by atoms with Crippen molar-refractivity contribution in [1.82, 2.24) is 10.2 Å². The second-order valence-corrected chi connectivity index (χ2v) is 6.08. The van der Waals surface area contributed by atoms with Crippen LogP contribution in [0.3, 0.4) is 0 Å². The maximum Gasteiger partial charge on any atom is 0.303 e. The minimum Gasteiger partial charge on any atom is -0.481 e. The van der Waals surface area contributed by atoms with Gasteiger partial charge in [0, 0.05) is 19.4 Å². The molecule has 1 atom stereocenters. The molecule has 2 aromatic carbocycles. The quantitative estimate of drug-likeness (QED) is 0.548. The molecule has 0 saturated heterocycles. The van der Waals surface area contributed by atoms with Crippen molar-refractivity contribution in [2.75, 3.05) is 6.54 Å². The lowest BCUT2D eigenvalue weighted by molar-refractivity contribution is -0.139. The summed E-state index contributed by atoms with van der Waals surface area (Å²) in [5, 5.41) is 22.5. The van der Waals surface area contributed by atoms with Crippen LogP contribution >= 0.6 is 0 Å². The number of nitrogens with zero attached hydrogens (tertiary/aromatic N) is 2. The summed E-state index contributed by atoms with van der Waals surface area (Å²) in [6.07, 6.45) is 1.47. The Labute approximate surface area is 157 Å². The topological polar surface area (TPSA) is 111 Å². The van der Waals surface area contributed by atoms with Gasteiger partial charge in [0.15, 0.2) is 6.19 Å². The first-order valence-corrected chi connectivity index (χ1v) is 8.64. The van der Waals surface area contributed by atoms with Crippen molar-refractivity contribution in [3.05, 3.63) is 48.0 Å². The highest BCUT2D eigenvalue weighted by molar-refractivity contribution is 5.90. The number of benzene rings is 2. The summed E-state index contributed by atoms with van der Waals surface area (Å²) in [4.78, 5) is 36.3. The largest absolute Gasteiger partial charge is 0.481 e. The summed E-state index contributed by atoms with van der Waals surface area (Å²) in [7, 11) is 0. The third-order valence-electron chi connectivity index (χ3n) is 4.16. The van der Waals surface area contributed by atoms with E-state index in [1.165, 1.54) is 0 Å². The van der Waals surface area contributed by atoms with E-state index in [1.54, 1.807) is 6.92 Å². The highest BCUT2D eigenvalue weighted by Crippen LogP contribution is 2.17. The lowest BCUT2D eigenvalue weighted by atomic mass is 10.0. The van der Waals surface area contributed by atoms with Crippen molar-refractivity contribution in [2.45, 2.75) is 32.2 Å². The number of nitrogens with one attached hydrogen (secondary N) is 1. The number of fused-ring (bicyclic) bond motifs is 1. The second-order valence-electron chi connectivity index (χ2n) is 6.08. The normalized spacial score (nSPS) is 11.4. The average Bonchev–Trinajstić information content (AvgIpc) is 2.66. The number of carboxylic acid groups (broad SMARTS) is 1. The van der Waals surface area contributed by atoms with E-state index in [9.17, 15) is 14.4 Å². The third-order valence-corrected chi connectivity index (χ3v) is 4.16. The molecule has 0 saturated carbocycles. The zero-order valence-corrected chi connectivity index (χ0v) is 15.0. The van der Waals surface area contributed by atoms with E-state index < -0.39 is 23.8 Å². The molecule has 0 aliphatic rings. The molecule has 0 aromatic heterocycles. The van der Waals surface area contributed by atoms with Crippen LogP contribution in [0, 0.1) is 11.5 Å². The standard InChI is InChI=1S/C20H21N3O4/c1-2-23(13-21)20(27)17(22-18(24)9-10-19(25)26)12-14-7-8-15-5-3-4-6-16(15)11-14/h3-8,11,17H,2,9-10,12H2,1H3,(H,22,24)(H,25,26). The van der Waals surface area contributed by atoms with Crippen LogP contribution in [0.4, 0.5) is 0 Å². The van der Waals surface area contributed by atoms with Crippen molar-refractivity contribution in [3.63, 3.8) is 0 Å². The summed E-state index contributed by atoms with van der Waals surface area (Å²) < 4.78 is 0. The number of hydrogen-bond donors (Lipinski definition) is 2. The molecule has 1 unspecified atom stereocenters. The fraction of sp³-hybridized carbons (Fsp3) is 0.300. The summed E-state index contributed by atoms with van der Waals surface area (Å²) in [6, 6.07) is 12.6. The van der Waals surface area contributed by atoms with Gasteiger partial charge in [-0.1, -0.05) is 42.5 Å². The van der Waals surface area contributed by atoms with Gasteiger partial charge in [-0.15, -0.1) is 0 Å². The molecule has 7 nitrogen and oxygen atoms in total. The van der Waals surface area contributed by atoms with Crippen LogP contribution < -0.4 is 5.32 Å². The van der Waals surface area contributed by atoms with Crippen molar-refractivity contribution in [2.24, 2.45) is 0 Å². The predicted molar refractivity (Wildman–Crippen MR) is 99.5 cm³/mol. The molecule has 0 spiro atoms. The van der Waals surface area contributed by atoms with E-state index in [1.807, 2.05) is 48.7 Å². The molecule has 2 amide bonds. The van der Waals surface area contributed by atoms with Crippen molar-refractivity contribution in [3.8, 4) is 6.19 Å². The highest BCUT2D eigenvalue weighted by Gasteiger charge is 2.26. The summed E-state index contributed by atoms with van der Waals surface area (Å²) in [6.45, 7) is 1.86. The number of carbonyl (C=O) groups excluding carboxylic acids is 2. The fourth-order valence-electron chi connectivity index (χ4n) is 2.75. The van der Waals surface area contributed by atoms with Gasteiger partial charge in [-0.2, -0.15) is 5.26 Å². The first-order valence-electron chi connectivity index (χ1n) is 8.64. The molecule has 0 aliphatic heterocycles. The maximum atomic E-state index is 12.6. The van der Waals surface area contributed by atoms with Crippen LogP contribution in [0.15, 0.2) is 42.5 Å². The molecule has 0 heterocycles. The molecule has 2 rings (SSSR count). The van der Waals surface area contributed by atoms with E-state index in [2.05, 4.69) is 5.32 Å². The van der Waals surface area contributed by atoms with Crippen LogP contribution in [0.5, 0.6) is 0 Å². The minimum atomic E-state index is -1.09. The number of hydrogen-bond acceptors (Lipinski definition) is 4. The van der Waals surface area contributed by atoms with Gasteiger partial charge in [-0.05, 0) is 23.3 Å². The molecular weight excluding hydrogens is 346 g/mol. The molecule has 0 aliphatic carbocycles. The van der Waals surface area contributed by atoms with Crippen LogP contribution in [-0.4, -0.2) is 40.4 Å². The molecule has 2 aromatic rings. The molecule has 2 N–H and O–H groups in total. The van der Waals surface area contributed by atoms with Gasteiger partial charge >= 0.3 is 5.97 Å². The number of likely N-dealkylation sites (N-methyl/N-ethyl adjacent to an activating group) is 1. The van der Waals surface area contributed by atoms with Gasteiger partial charge < -0.3 is 10.4 Å². The molecular formula is C20H21N3O4. The number of aliphatic carboxylic acids is 1. The third kappa shape index (κ3) is 5.54.